The second-order valence-electron chi connectivity index (χ2n) is 7.21. The van der Waals surface area contributed by atoms with Crippen LogP contribution in [0.2, 0.25) is 5.02 Å². The number of para-hydroxylation sites is 1. The van der Waals surface area contributed by atoms with E-state index in [0.717, 1.165) is 25.3 Å². The van der Waals surface area contributed by atoms with Crippen molar-refractivity contribution in [2.75, 3.05) is 42.7 Å². The van der Waals surface area contributed by atoms with E-state index in [1.807, 2.05) is 12.1 Å². The van der Waals surface area contributed by atoms with Gasteiger partial charge in [0.25, 0.3) is 5.91 Å². The Hall–Kier alpha value is -3.36. The lowest BCUT2D eigenvalue weighted by molar-refractivity contribution is 0.0964. The van der Waals surface area contributed by atoms with Crippen molar-refractivity contribution in [2.45, 2.75) is 6.54 Å². The predicted molar refractivity (Wildman–Crippen MR) is 125 cm³/mol. The minimum atomic E-state index is -0.199. The van der Waals surface area contributed by atoms with Crippen LogP contribution in [0.3, 0.4) is 0 Å². The molecule has 0 unspecified atom stereocenters. The normalized spacial score (nSPS) is 13.2. The smallest absolute Gasteiger partial charge is 0.253 e. The molecule has 31 heavy (non-hydrogen) atoms. The summed E-state index contributed by atoms with van der Waals surface area (Å²) < 4.78 is 0. The number of amides is 1. The van der Waals surface area contributed by atoms with E-state index in [1.165, 1.54) is 17.4 Å². The van der Waals surface area contributed by atoms with E-state index < -0.39 is 0 Å². The molecule has 1 aliphatic rings. The average molecular weight is 438 g/mol. The molecular formula is C22H24ClN7O. The lowest BCUT2D eigenvalue weighted by Crippen LogP contribution is -2.24. The van der Waals surface area contributed by atoms with Crippen LogP contribution < -0.4 is 26.2 Å². The van der Waals surface area contributed by atoms with Crippen molar-refractivity contribution >= 4 is 46.3 Å². The highest BCUT2D eigenvalue weighted by Crippen LogP contribution is 2.29. The highest BCUT2D eigenvalue weighted by atomic mass is 35.5. The van der Waals surface area contributed by atoms with Gasteiger partial charge in [0, 0.05) is 45.1 Å². The van der Waals surface area contributed by atoms with Crippen LogP contribution in [-0.4, -0.2) is 43.1 Å². The zero-order valence-electron chi connectivity index (χ0n) is 17.4. The first-order chi connectivity index (χ1) is 15.0. The number of hydrogen-bond donors (Lipinski definition) is 4. The fraction of sp³-hybridized carbons (Fsp3) is 0.227. The molecule has 1 aromatic heterocycles. The molecule has 160 valence electrons. The van der Waals surface area contributed by atoms with Crippen LogP contribution in [0.4, 0.5) is 28.8 Å². The Balaban J connectivity index is 1.59. The first-order valence-corrected chi connectivity index (χ1v) is 10.4. The maximum atomic E-state index is 12.1. The molecule has 2 heterocycles. The number of rotatable bonds is 5. The van der Waals surface area contributed by atoms with Crippen LogP contribution in [0.15, 0.2) is 48.7 Å². The fourth-order valence-electron chi connectivity index (χ4n) is 3.43. The molecule has 8 nitrogen and oxygen atoms in total. The van der Waals surface area contributed by atoms with Crippen molar-refractivity contribution in [1.82, 2.24) is 20.6 Å². The molecular weight excluding hydrogens is 414 g/mol. The maximum absolute atomic E-state index is 12.1. The predicted octanol–water partition coefficient (Wildman–Crippen LogP) is 3.52. The van der Waals surface area contributed by atoms with Gasteiger partial charge >= 0.3 is 0 Å². The fourth-order valence-corrected chi connectivity index (χ4v) is 3.57. The van der Waals surface area contributed by atoms with Gasteiger partial charge in [-0.2, -0.15) is 4.98 Å². The van der Waals surface area contributed by atoms with Crippen LogP contribution in [0, 0.1) is 0 Å². The number of halogens is 1. The van der Waals surface area contributed by atoms with Crippen LogP contribution in [-0.2, 0) is 6.54 Å². The highest BCUT2D eigenvalue weighted by Gasteiger charge is 2.14. The van der Waals surface area contributed by atoms with Gasteiger partial charge in [0.2, 0.25) is 5.95 Å². The van der Waals surface area contributed by atoms with Gasteiger partial charge in [-0.25, -0.2) is 4.98 Å². The minimum Gasteiger partial charge on any atom is -0.373 e. The molecule has 0 saturated heterocycles. The number of hydrogen-bond acceptors (Lipinski definition) is 7. The number of aromatic nitrogens is 2. The van der Waals surface area contributed by atoms with Gasteiger partial charge in [0.15, 0.2) is 5.82 Å². The largest absolute Gasteiger partial charge is 0.373 e. The molecule has 0 aliphatic carbocycles. The summed E-state index contributed by atoms with van der Waals surface area (Å²) in [5, 5.41) is 12.8. The van der Waals surface area contributed by atoms with Gasteiger partial charge in [0.05, 0.1) is 17.4 Å². The van der Waals surface area contributed by atoms with Crippen LogP contribution in [0.5, 0.6) is 0 Å². The number of likely N-dealkylation sites (N-methyl/N-ethyl adjacent to an activating group) is 1. The van der Waals surface area contributed by atoms with Crippen molar-refractivity contribution in [3.63, 3.8) is 0 Å². The van der Waals surface area contributed by atoms with Crippen molar-refractivity contribution in [3.05, 3.63) is 64.8 Å². The van der Waals surface area contributed by atoms with E-state index in [0.29, 0.717) is 28.0 Å². The summed E-state index contributed by atoms with van der Waals surface area (Å²) in [5.74, 6) is 0.612. The van der Waals surface area contributed by atoms with E-state index in [-0.39, 0.29) is 5.91 Å². The molecule has 0 bridgehead atoms. The Bertz CT molecular complexity index is 1100. The third-order valence-electron chi connectivity index (χ3n) is 5.09. The van der Waals surface area contributed by atoms with E-state index in [4.69, 9.17) is 11.6 Å². The number of fused-ring (bicyclic) bond motifs is 1. The lowest BCUT2D eigenvalue weighted by Gasteiger charge is -2.20. The zero-order valence-corrected chi connectivity index (χ0v) is 18.1. The van der Waals surface area contributed by atoms with Crippen molar-refractivity contribution in [3.8, 4) is 0 Å². The zero-order chi connectivity index (χ0) is 21.8. The molecule has 3 aromatic rings. The number of anilines is 5. The molecule has 9 heteroatoms. The first kappa shape index (κ1) is 20.9. The number of nitrogens with one attached hydrogen (secondary N) is 4. The molecule has 2 aromatic carbocycles. The maximum Gasteiger partial charge on any atom is 0.253 e. The Morgan fingerprint density at radius 3 is 2.87 bits per heavy atom. The number of nitrogens with zero attached hydrogens (tertiary/aromatic N) is 3. The second kappa shape index (κ2) is 9.20. The van der Waals surface area contributed by atoms with Crippen molar-refractivity contribution < 1.29 is 4.79 Å². The van der Waals surface area contributed by atoms with Gasteiger partial charge in [-0.05, 0) is 29.8 Å². The Morgan fingerprint density at radius 2 is 2.03 bits per heavy atom. The number of carbonyl (C=O) groups excluding carboxylic acids is 1. The summed E-state index contributed by atoms with van der Waals surface area (Å²) in [6.45, 7) is 2.73. The summed E-state index contributed by atoms with van der Waals surface area (Å²) in [4.78, 5) is 23.2. The number of benzene rings is 2. The molecule has 0 atom stereocenters. The van der Waals surface area contributed by atoms with Crippen LogP contribution in [0.25, 0.3) is 0 Å². The van der Waals surface area contributed by atoms with Crippen molar-refractivity contribution in [1.29, 1.82) is 0 Å². The Labute approximate surface area is 186 Å². The van der Waals surface area contributed by atoms with Gasteiger partial charge < -0.3 is 26.2 Å². The topological polar surface area (TPSA) is 94.2 Å². The minimum absolute atomic E-state index is 0.199. The van der Waals surface area contributed by atoms with Gasteiger partial charge in [-0.1, -0.05) is 29.8 Å². The number of carbonyl (C=O) groups is 1. The van der Waals surface area contributed by atoms with Gasteiger partial charge in [-0.15, -0.1) is 0 Å². The monoisotopic (exact) mass is 437 g/mol. The quantitative estimate of drug-likeness (QED) is 0.485. The molecule has 0 saturated carbocycles. The molecule has 0 spiro atoms. The Kier molecular flexibility index (Phi) is 6.20. The summed E-state index contributed by atoms with van der Waals surface area (Å²) in [6, 6.07) is 13.4. The van der Waals surface area contributed by atoms with Crippen LogP contribution in [0.1, 0.15) is 15.9 Å². The molecule has 0 fully saturated rings. The summed E-state index contributed by atoms with van der Waals surface area (Å²) >= 11 is 6.32. The van der Waals surface area contributed by atoms with E-state index in [9.17, 15) is 4.79 Å². The summed E-state index contributed by atoms with van der Waals surface area (Å²) in [7, 11) is 3.67. The second-order valence-corrected chi connectivity index (χ2v) is 7.61. The summed E-state index contributed by atoms with van der Waals surface area (Å²) in [5.41, 5.74) is 4.40. The Morgan fingerprint density at radius 1 is 1.19 bits per heavy atom. The van der Waals surface area contributed by atoms with E-state index in [2.05, 4.69) is 55.3 Å². The standard InChI is InChI=1S/C22H24ClN7O/c1-24-21(31)16-5-3-4-6-18(16)28-20-17(23)13-26-22(29-20)27-15-8-7-14-12-25-9-10-30(2)19(14)11-15/h3-8,11,13,25H,9-10,12H2,1-2H3,(H,24,31)(H2,26,27,28,29). The molecule has 0 radical (unpaired) electrons. The van der Waals surface area contributed by atoms with E-state index in [1.54, 1.807) is 25.2 Å². The van der Waals surface area contributed by atoms with Gasteiger partial charge in [-0.3, -0.25) is 4.79 Å². The average Bonchev–Trinajstić information content (AvgIpc) is 2.97. The van der Waals surface area contributed by atoms with E-state index >= 15 is 0 Å². The molecule has 4 rings (SSSR count). The molecule has 1 amide bonds. The summed E-state index contributed by atoms with van der Waals surface area (Å²) in [6.07, 6.45) is 1.53. The highest BCUT2D eigenvalue weighted by molar-refractivity contribution is 6.33. The lowest BCUT2D eigenvalue weighted by atomic mass is 10.1. The third kappa shape index (κ3) is 4.70. The van der Waals surface area contributed by atoms with Gasteiger partial charge in [0.1, 0.15) is 5.02 Å². The molecule has 1 aliphatic heterocycles. The van der Waals surface area contributed by atoms with Crippen LogP contribution >= 0.6 is 11.6 Å². The SMILES string of the molecule is CNC(=O)c1ccccc1Nc1nc(Nc2ccc3c(c2)N(C)CCNC3)ncc1Cl. The van der Waals surface area contributed by atoms with Crippen molar-refractivity contribution in [2.24, 2.45) is 0 Å². The third-order valence-corrected chi connectivity index (χ3v) is 5.36. The molecule has 4 N–H and O–H groups in total. The first-order valence-electron chi connectivity index (χ1n) is 9.97.